The van der Waals surface area contributed by atoms with Crippen molar-refractivity contribution in [2.75, 3.05) is 6.54 Å². The van der Waals surface area contributed by atoms with Gasteiger partial charge in [-0.3, -0.25) is 0 Å². The van der Waals surface area contributed by atoms with E-state index >= 15 is 0 Å². The van der Waals surface area contributed by atoms with Crippen LogP contribution in [-0.4, -0.2) is 23.3 Å². The molecule has 116 valence electrons. The summed E-state index contributed by atoms with van der Waals surface area (Å²) >= 11 is 0. The van der Waals surface area contributed by atoms with Gasteiger partial charge in [0.25, 0.3) is 0 Å². The van der Waals surface area contributed by atoms with Crippen LogP contribution in [-0.2, 0) is 0 Å². The van der Waals surface area contributed by atoms with Crippen molar-refractivity contribution in [3.8, 4) is 0 Å². The molecule has 0 aromatic heterocycles. The number of rotatable bonds is 5. The van der Waals surface area contributed by atoms with Gasteiger partial charge in [-0.05, 0) is 55.9 Å². The van der Waals surface area contributed by atoms with Crippen LogP contribution in [0.15, 0.2) is 30.3 Å². The summed E-state index contributed by atoms with van der Waals surface area (Å²) in [7, 11) is 0. The first-order valence-corrected chi connectivity index (χ1v) is 8.69. The Hall–Kier alpha value is -0.860. The zero-order chi connectivity index (χ0) is 14.7. The van der Waals surface area contributed by atoms with Crippen molar-refractivity contribution in [2.24, 2.45) is 5.92 Å². The summed E-state index contributed by atoms with van der Waals surface area (Å²) in [4.78, 5) is 0. The molecule has 1 aromatic carbocycles. The molecule has 0 bridgehead atoms. The van der Waals surface area contributed by atoms with Gasteiger partial charge >= 0.3 is 0 Å². The van der Waals surface area contributed by atoms with E-state index in [0.29, 0.717) is 12.0 Å². The number of hydrogen-bond acceptors (Lipinski definition) is 2. The first-order chi connectivity index (χ1) is 10.2. The fourth-order valence-electron chi connectivity index (χ4n) is 3.92. The van der Waals surface area contributed by atoms with E-state index in [-0.39, 0.29) is 0 Å². The summed E-state index contributed by atoms with van der Waals surface area (Å²) < 4.78 is 0. The van der Waals surface area contributed by atoms with E-state index < -0.39 is 5.60 Å². The Labute approximate surface area is 129 Å². The molecule has 0 heterocycles. The van der Waals surface area contributed by atoms with Crippen LogP contribution in [0.25, 0.3) is 0 Å². The lowest BCUT2D eigenvalue weighted by molar-refractivity contribution is -0.0131. The average molecular weight is 287 g/mol. The SMILES string of the molecule is CCC1CCC(O)(CNC2CC(c3ccccc3)C2)CC1. The van der Waals surface area contributed by atoms with Crippen LogP contribution < -0.4 is 5.32 Å². The van der Waals surface area contributed by atoms with E-state index in [1.54, 1.807) is 0 Å². The van der Waals surface area contributed by atoms with Crippen molar-refractivity contribution in [3.63, 3.8) is 0 Å². The molecule has 2 nitrogen and oxygen atoms in total. The maximum absolute atomic E-state index is 10.7. The minimum absolute atomic E-state index is 0.441. The molecular weight excluding hydrogens is 258 g/mol. The molecule has 2 heteroatoms. The second-order valence-corrected chi connectivity index (χ2v) is 7.23. The van der Waals surface area contributed by atoms with Crippen molar-refractivity contribution in [1.29, 1.82) is 0 Å². The quantitative estimate of drug-likeness (QED) is 0.862. The van der Waals surface area contributed by atoms with E-state index in [1.807, 2.05) is 0 Å². The molecule has 2 N–H and O–H groups in total. The lowest BCUT2D eigenvalue weighted by Crippen LogP contribution is -2.49. The van der Waals surface area contributed by atoms with Crippen molar-refractivity contribution in [2.45, 2.75) is 69.4 Å². The molecule has 0 saturated heterocycles. The van der Waals surface area contributed by atoms with Crippen LogP contribution in [0.1, 0.15) is 63.4 Å². The Bertz CT molecular complexity index is 430. The maximum atomic E-state index is 10.7. The first-order valence-electron chi connectivity index (χ1n) is 8.69. The third kappa shape index (κ3) is 3.67. The molecule has 21 heavy (non-hydrogen) atoms. The highest BCUT2D eigenvalue weighted by Crippen LogP contribution is 2.38. The summed E-state index contributed by atoms with van der Waals surface area (Å²) in [6.45, 7) is 3.06. The van der Waals surface area contributed by atoms with Crippen molar-refractivity contribution in [3.05, 3.63) is 35.9 Å². The number of aliphatic hydroxyl groups is 1. The summed E-state index contributed by atoms with van der Waals surface area (Å²) in [6.07, 6.45) is 8.07. The van der Waals surface area contributed by atoms with Crippen LogP contribution in [0, 0.1) is 5.92 Å². The molecule has 0 unspecified atom stereocenters. The second kappa shape index (κ2) is 6.50. The second-order valence-electron chi connectivity index (χ2n) is 7.23. The van der Waals surface area contributed by atoms with Gasteiger partial charge in [0.15, 0.2) is 0 Å². The lowest BCUT2D eigenvalue weighted by Gasteiger charge is -2.41. The van der Waals surface area contributed by atoms with E-state index in [9.17, 15) is 5.11 Å². The molecule has 3 rings (SSSR count). The van der Waals surface area contributed by atoms with Gasteiger partial charge in [0, 0.05) is 12.6 Å². The van der Waals surface area contributed by atoms with Gasteiger partial charge in [-0.2, -0.15) is 0 Å². The molecule has 2 fully saturated rings. The number of benzene rings is 1. The van der Waals surface area contributed by atoms with Crippen molar-refractivity contribution >= 4 is 0 Å². The summed E-state index contributed by atoms with van der Waals surface area (Å²) in [5.41, 5.74) is 1.03. The molecule has 0 aliphatic heterocycles. The standard InChI is InChI=1S/C19H29NO/c1-2-15-8-10-19(21,11-9-15)14-20-18-12-17(13-18)16-6-4-3-5-7-16/h3-7,15,17-18,20-21H,2,8-14H2,1H3. The Morgan fingerprint density at radius 1 is 1.14 bits per heavy atom. The lowest BCUT2D eigenvalue weighted by atomic mass is 9.74. The van der Waals surface area contributed by atoms with E-state index in [4.69, 9.17) is 0 Å². The van der Waals surface area contributed by atoms with Crippen LogP contribution in [0.3, 0.4) is 0 Å². The molecule has 2 saturated carbocycles. The first kappa shape index (κ1) is 15.1. The third-order valence-corrected chi connectivity index (χ3v) is 5.74. The Kier molecular flexibility index (Phi) is 4.66. The van der Waals surface area contributed by atoms with Gasteiger partial charge in [-0.1, -0.05) is 43.7 Å². The van der Waals surface area contributed by atoms with Gasteiger partial charge in [-0.15, -0.1) is 0 Å². The minimum atomic E-state index is -0.441. The fraction of sp³-hybridized carbons (Fsp3) is 0.684. The number of nitrogens with one attached hydrogen (secondary N) is 1. The average Bonchev–Trinajstić information content (AvgIpc) is 2.47. The largest absolute Gasteiger partial charge is 0.389 e. The molecule has 2 aliphatic rings. The van der Waals surface area contributed by atoms with Gasteiger partial charge in [0.1, 0.15) is 0 Å². The zero-order valence-electron chi connectivity index (χ0n) is 13.2. The fourth-order valence-corrected chi connectivity index (χ4v) is 3.92. The highest BCUT2D eigenvalue weighted by atomic mass is 16.3. The molecule has 0 amide bonds. The Balaban J connectivity index is 1.39. The third-order valence-electron chi connectivity index (χ3n) is 5.74. The summed E-state index contributed by atoms with van der Waals surface area (Å²) in [6, 6.07) is 11.4. The molecular formula is C19H29NO. The highest BCUT2D eigenvalue weighted by Gasteiger charge is 2.35. The predicted molar refractivity (Wildman–Crippen MR) is 87.4 cm³/mol. The van der Waals surface area contributed by atoms with Crippen LogP contribution in [0.5, 0.6) is 0 Å². The molecule has 0 spiro atoms. The van der Waals surface area contributed by atoms with Crippen LogP contribution in [0.4, 0.5) is 0 Å². The number of hydrogen-bond donors (Lipinski definition) is 2. The van der Waals surface area contributed by atoms with E-state index in [1.165, 1.54) is 37.7 Å². The summed E-state index contributed by atoms with van der Waals surface area (Å²) in [5, 5.41) is 14.3. The summed E-state index contributed by atoms with van der Waals surface area (Å²) in [5.74, 6) is 1.56. The monoisotopic (exact) mass is 287 g/mol. The van der Waals surface area contributed by atoms with Crippen molar-refractivity contribution in [1.82, 2.24) is 5.32 Å². The Morgan fingerprint density at radius 2 is 1.81 bits per heavy atom. The topological polar surface area (TPSA) is 32.3 Å². The Morgan fingerprint density at radius 3 is 2.43 bits per heavy atom. The van der Waals surface area contributed by atoms with Crippen LogP contribution in [0.2, 0.25) is 0 Å². The predicted octanol–water partition coefficient (Wildman–Crippen LogP) is 3.85. The van der Waals surface area contributed by atoms with Gasteiger partial charge in [0.2, 0.25) is 0 Å². The maximum Gasteiger partial charge on any atom is 0.0771 e. The normalized spacial score (nSPS) is 36.2. The molecule has 0 radical (unpaired) electrons. The highest BCUT2D eigenvalue weighted by molar-refractivity contribution is 5.22. The van der Waals surface area contributed by atoms with E-state index in [0.717, 1.165) is 25.3 Å². The smallest absolute Gasteiger partial charge is 0.0771 e. The van der Waals surface area contributed by atoms with E-state index in [2.05, 4.69) is 42.6 Å². The zero-order valence-corrected chi connectivity index (χ0v) is 13.2. The van der Waals surface area contributed by atoms with Gasteiger partial charge < -0.3 is 10.4 Å². The van der Waals surface area contributed by atoms with Crippen LogP contribution >= 0.6 is 0 Å². The van der Waals surface area contributed by atoms with Crippen molar-refractivity contribution < 1.29 is 5.11 Å². The van der Waals surface area contributed by atoms with Gasteiger partial charge in [0.05, 0.1) is 5.60 Å². The molecule has 2 aliphatic carbocycles. The molecule has 0 atom stereocenters. The minimum Gasteiger partial charge on any atom is -0.389 e. The van der Waals surface area contributed by atoms with Gasteiger partial charge in [-0.25, -0.2) is 0 Å². The molecule has 1 aromatic rings.